The summed E-state index contributed by atoms with van der Waals surface area (Å²) in [7, 11) is 0. The molecular weight excluding hydrogens is 174 g/mol. The van der Waals surface area contributed by atoms with E-state index in [-0.39, 0.29) is 5.92 Å². The van der Waals surface area contributed by atoms with Crippen LogP contribution in [0.5, 0.6) is 0 Å². The third-order valence-corrected chi connectivity index (χ3v) is 2.82. The highest BCUT2D eigenvalue weighted by Crippen LogP contribution is 2.15. The lowest BCUT2D eigenvalue weighted by Crippen LogP contribution is -2.35. The van der Waals surface area contributed by atoms with Crippen LogP contribution in [0.25, 0.3) is 0 Å². The van der Waals surface area contributed by atoms with Crippen molar-refractivity contribution >= 4 is 5.91 Å². The summed E-state index contributed by atoms with van der Waals surface area (Å²) in [5.41, 5.74) is 0. The van der Waals surface area contributed by atoms with Crippen LogP contribution in [0.1, 0.15) is 53.4 Å². The normalized spacial score (nSPS) is 12.6. The first-order valence-electron chi connectivity index (χ1n) is 5.99. The lowest BCUT2D eigenvalue weighted by molar-refractivity contribution is -0.135. The zero-order chi connectivity index (χ0) is 11.0. The molecule has 0 aliphatic heterocycles. The Morgan fingerprint density at radius 2 is 1.71 bits per heavy atom. The average Bonchev–Trinajstić information content (AvgIpc) is 2.21. The number of carbonyl (C=O) groups excluding carboxylic acids is 1. The standard InChI is InChI=1S/C12H25NO/c1-5-9-10-11(6-2)12(14)13(7-3)8-4/h11H,5-10H2,1-4H3. The van der Waals surface area contributed by atoms with E-state index in [9.17, 15) is 4.79 Å². The van der Waals surface area contributed by atoms with E-state index in [4.69, 9.17) is 0 Å². The highest BCUT2D eigenvalue weighted by molar-refractivity contribution is 5.78. The molecule has 0 bridgehead atoms. The third kappa shape index (κ3) is 4.12. The maximum absolute atomic E-state index is 12.0. The average molecular weight is 199 g/mol. The van der Waals surface area contributed by atoms with Crippen molar-refractivity contribution in [2.45, 2.75) is 53.4 Å². The molecule has 0 aromatic rings. The number of nitrogens with zero attached hydrogens (tertiary/aromatic N) is 1. The zero-order valence-electron chi connectivity index (χ0n) is 10.2. The third-order valence-electron chi connectivity index (χ3n) is 2.82. The van der Waals surface area contributed by atoms with Crippen molar-refractivity contribution in [3.05, 3.63) is 0 Å². The second-order valence-electron chi connectivity index (χ2n) is 3.76. The topological polar surface area (TPSA) is 20.3 Å². The van der Waals surface area contributed by atoms with Crippen LogP contribution >= 0.6 is 0 Å². The summed E-state index contributed by atoms with van der Waals surface area (Å²) in [5, 5.41) is 0. The van der Waals surface area contributed by atoms with Gasteiger partial charge >= 0.3 is 0 Å². The van der Waals surface area contributed by atoms with Crippen molar-refractivity contribution in [1.29, 1.82) is 0 Å². The molecule has 1 unspecified atom stereocenters. The molecule has 84 valence electrons. The Labute approximate surface area is 88.7 Å². The first-order valence-corrected chi connectivity index (χ1v) is 5.99. The van der Waals surface area contributed by atoms with E-state index in [1.54, 1.807) is 0 Å². The van der Waals surface area contributed by atoms with Crippen molar-refractivity contribution < 1.29 is 4.79 Å². The van der Waals surface area contributed by atoms with Gasteiger partial charge in [0.2, 0.25) is 5.91 Å². The highest BCUT2D eigenvalue weighted by atomic mass is 16.2. The summed E-state index contributed by atoms with van der Waals surface area (Å²) >= 11 is 0. The van der Waals surface area contributed by atoms with Crippen molar-refractivity contribution in [3.8, 4) is 0 Å². The molecule has 2 heteroatoms. The van der Waals surface area contributed by atoms with Gasteiger partial charge in [-0.05, 0) is 26.7 Å². The SMILES string of the molecule is CCCCC(CC)C(=O)N(CC)CC. The zero-order valence-corrected chi connectivity index (χ0v) is 10.2. The van der Waals surface area contributed by atoms with Gasteiger partial charge in [0.15, 0.2) is 0 Å². The fourth-order valence-corrected chi connectivity index (χ4v) is 1.75. The van der Waals surface area contributed by atoms with E-state index in [1.165, 1.54) is 12.8 Å². The minimum atomic E-state index is 0.259. The summed E-state index contributed by atoms with van der Waals surface area (Å²) in [6.45, 7) is 10.1. The predicted octanol–water partition coefficient (Wildman–Crippen LogP) is 3.07. The van der Waals surface area contributed by atoms with Crippen LogP contribution in [0.15, 0.2) is 0 Å². The van der Waals surface area contributed by atoms with Crippen LogP contribution in [-0.4, -0.2) is 23.9 Å². The molecule has 2 nitrogen and oxygen atoms in total. The molecule has 0 aromatic carbocycles. The van der Waals surface area contributed by atoms with E-state index in [1.807, 2.05) is 18.7 Å². The van der Waals surface area contributed by atoms with E-state index < -0.39 is 0 Å². The van der Waals surface area contributed by atoms with Gasteiger partial charge in [-0.15, -0.1) is 0 Å². The number of hydrogen-bond donors (Lipinski definition) is 0. The minimum Gasteiger partial charge on any atom is -0.343 e. The molecule has 0 radical (unpaired) electrons. The Hall–Kier alpha value is -0.530. The molecule has 0 heterocycles. The molecule has 0 rings (SSSR count). The molecule has 1 atom stereocenters. The number of hydrogen-bond acceptors (Lipinski definition) is 1. The van der Waals surface area contributed by atoms with Crippen LogP contribution in [0.2, 0.25) is 0 Å². The molecule has 0 N–H and O–H groups in total. The monoisotopic (exact) mass is 199 g/mol. The highest BCUT2D eigenvalue weighted by Gasteiger charge is 2.19. The molecule has 1 amide bonds. The molecule has 0 aromatic heterocycles. The lowest BCUT2D eigenvalue weighted by atomic mass is 9.98. The van der Waals surface area contributed by atoms with Crippen molar-refractivity contribution in [1.82, 2.24) is 4.90 Å². The lowest BCUT2D eigenvalue weighted by Gasteiger charge is -2.24. The van der Waals surface area contributed by atoms with Gasteiger partial charge in [-0.3, -0.25) is 4.79 Å². The number of rotatable bonds is 7. The smallest absolute Gasteiger partial charge is 0.225 e. The molecule has 0 fully saturated rings. The van der Waals surface area contributed by atoms with Crippen LogP contribution < -0.4 is 0 Å². The minimum absolute atomic E-state index is 0.259. The van der Waals surface area contributed by atoms with Gasteiger partial charge in [0.05, 0.1) is 0 Å². The maximum atomic E-state index is 12.0. The Morgan fingerprint density at radius 1 is 1.14 bits per heavy atom. The van der Waals surface area contributed by atoms with Crippen molar-refractivity contribution in [3.63, 3.8) is 0 Å². The fourth-order valence-electron chi connectivity index (χ4n) is 1.75. The summed E-state index contributed by atoms with van der Waals surface area (Å²) < 4.78 is 0. The summed E-state index contributed by atoms with van der Waals surface area (Å²) in [6, 6.07) is 0. The van der Waals surface area contributed by atoms with E-state index in [0.717, 1.165) is 25.9 Å². The molecule has 14 heavy (non-hydrogen) atoms. The number of carbonyl (C=O) groups is 1. The fraction of sp³-hybridized carbons (Fsp3) is 0.917. The van der Waals surface area contributed by atoms with Crippen LogP contribution in [0.4, 0.5) is 0 Å². The Kier molecular flexibility index (Phi) is 7.54. The van der Waals surface area contributed by atoms with Gasteiger partial charge in [-0.2, -0.15) is 0 Å². The van der Waals surface area contributed by atoms with Gasteiger partial charge in [0.1, 0.15) is 0 Å². The van der Waals surface area contributed by atoms with Gasteiger partial charge in [-0.25, -0.2) is 0 Å². The Balaban J connectivity index is 4.13. The summed E-state index contributed by atoms with van der Waals surface area (Å²) in [5.74, 6) is 0.612. The Morgan fingerprint density at radius 3 is 2.07 bits per heavy atom. The first-order chi connectivity index (χ1) is 6.71. The van der Waals surface area contributed by atoms with E-state index in [2.05, 4.69) is 13.8 Å². The molecule has 0 spiro atoms. The van der Waals surface area contributed by atoms with Gasteiger partial charge < -0.3 is 4.90 Å². The molecule has 0 saturated carbocycles. The summed E-state index contributed by atoms with van der Waals surface area (Å²) in [4.78, 5) is 13.9. The molecule has 0 aliphatic carbocycles. The second kappa shape index (κ2) is 7.84. The number of unbranched alkanes of at least 4 members (excludes halogenated alkanes) is 1. The van der Waals surface area contributed by atoms with Crippen molar-refractivity contribution in [2.75, 3.05) is 13.1 Å². The molecular formula is C12H25NO. The van der Waals surface area contributed by atoms with Gasteiger partial charge in [0.25, 0.3) is 0 Å². The molecule has 0 aliphatic rings. The quantitative estimate of drug-likeness (QED) is 0.617. The van der Waals surface area contributed by atoms with Gasteiger partial charge in [-0.1, -0.05) is 26.7 Å². The van der Waals surface area contributed by atoms with Crippen molar-refractivity contribution in [2.24, 2.45) is 5.92 Å². The largest absolute Gasteiger partial charge is 0.343 e. The van der Waals surface area contributed by atoms with Gasteiger partial charge in [0, 0.05) is 19.0 Å². The summed E-state index contributed by atoms with van der Waals surface area (Å²) in [6.07, 6.45) is 4.39. The van der Waals surface area contributed by atoms with Crippen LogP contribution in [0.3, 0.4) is 0 Å². The first kappa shape index (κ1) is 13.5. The van der Waals surface area contributed by atoms with E-state index in [0.29, 0.717) is 5.91 Å². The molecule has 0 saturated heterocycles. The second-order valence-corrected chi connectivity index (χ2v) is 3.76. The van der Waals surface area contributed by atoms with Crippen LogP contribution in [0, 0.1) is 5.92 Å². The number of amides is 1. The van der Waals surface area contributed by atoms with Crippen LogP contribution in [-0.2, 0) is 4.79 Å². The van der Waals surface area contributed by atoms with E-state index >= 15 is 0 Å². The predicted molar refractivity (Wildman–Crippen MR) is 61.2 cm³/mol. The maximum Gasteiger partial charge on any atom is 0.225 e. The Bertz CT molecular complexity index is 152.